The zero-order valence-corrected chi connectivity index (χ0v) is 15.3. The molecule has 0 amide bonds. The van der Waals surface area contributed by atoms with Crippen LogP contribution in [0.25, 0.3) is 0 Å². The molecule has 0 spiro atoms. The summed E-state index contributed by atoms with van der Waals surface area (Å²) in [6, 6.07) is 3.94. The van der Waals surface area contributed by atoms with Gasteiger partial charge in [-0.3, -0.25) is 4.99 Å². The molecule has 6 heteroatoms. The van der Waals surface area contributed by atoms with Gasteiger partial charge in [0.15, 0.2) is 5.96 Å². The monoisotopic (exact) mass is 409 g/mol. The van der Waals surface area contributed by atoms with Crippen molar-refractivity contribution in [1.82, 2.24) is 10.2 Å². The van der Waals surface area contributed by atoms with Crippen molar-refractivity contribution in [2.24, 2.45) is 4.99 Å². The maximum atomic E-state index is 5.33. The van der Waals surface area contributed by atoms with Gasteiger partial charge in [0.25, 0.3) is 0 Å². The highest BCUT2D eigenvalue weighted by molar-refractivity contribution is 14.0. The van der Waals surface area contributed by atoms with Crippen LogP contribution in [0.4, 0.5) is 0 Å². The molecule has 20 heavy (non-hydrogen) atoms. The molecule has 2 rings (SSSR count). The summed E-state index contributed by atoms with van der Waals surface area (Å²) in [5.74, 6) is 3.23. The second-order valence-corrected chi connectivity index (χ2v) is 6.06. The van der Waals surface area contributed by atoms with E-state index < -0.39 is 0 Å². The summed E-state index contributed by atoms with van der Waals surface area (Å²) in [5, 5.41) is 4.16. The lowest BCUT2D eigenvalue weighted by molar-refractivity contribution is 0.407. The molecule has 1 aliphatic rings. The van der Waals surface area contributed by atoms with Gasteiger partial charge in [-0.15, -0.1) is 24.0 Å². The third-order valence-corrected chi connectivity index (χ3v) is 4.71. The first-order valence-electron chi connectivity index (χ1n) is 6.93. The lowest BCUT2D eigenvalue weighted by Gasteiger charge is -2.34. The number of rotatable bonds is 4. The maximum absolute atomic E-state index is 5.33. The normalized spacial score (nSPS) is 19.6. The fourth-order valence-electron chi connectivity index (χ4n) is 2.24. The standard InChI is InChI=1S/C14H23N3OS.HI/c1-3-13-11-17(8-10-19-13)14(15-2)16-7-6-12-5-4-9-18-12;/h4-5,9,13H,3,6-8,10-11H2,1-2H3,(H,15,16);1H. The highest BCUT2D eigenvalue weighted by Crippen LogP contribution is 2.20. The second kappa shape index (κ2) is 9.55. The highest BCUT2D eigenvalue weighted by atomic mass is 127. The minimum Gasteiger partial charge on any atom is -0.469 e. The van der Waals surface area contributed by atoms with Crippen molar-refractivity contribution >= 4 is 41.7 Å². The third kappa shape index (κ3) is 5.20. The van der Waals surface area contributed by atoms with E-state index in [4.69, 9.17) is 4.42 Å². The van der Waals surface area contributed by atoms with Crippen LogP contribution in [0.2, 0.25) is 0 Å². The molecular formula is C14H24IN3OS. The van der Waals surface area contributed by atoms with Gasteiger partial charge in [0.2, 0.25) is 0 Å². The van der Waals surface area contributed by atoms with Crippen LogP contribution >= 0.6 is 35.7 Å². The Balaban J connectivity index is 0.00000200. The molecule has 2 heterocycles. The molecule has 1 aliphatic heterocycles. The number of furan rings is 1. The number of guanidine groups is 1. The van der Waals surface area contributed by atoms with Crippen molar-refractivity contribution in [3.63, 3.8) is 0 Å². The Kier molecular flexibility index (Phi) is 8.44. The van der Waals surface area contributed by atoms with Crippen molar-refractivity contribution in [3.05, 3.63) is 24.2 Å². The van der Waals surface area contributed by atoms with Gasteiger partial charge < -0.3 is 14.6 Å². The van der Waals surface area contributed by atoms with Gasteiger partial charge in [-0.1, -0.05) is 6.92 Å². The van der Waals surface area contributed by atoms with E-state index in [0.717, 1.165) is 43.0 Å². The molecule has 1 saturated heterocycles. The number of thioether (sulfide) groups is 1. The zero-order chi connectivity index (χ0) is 13.5. The van der Waals surface area contributed by atoms with Gasteiger partial charge >= 0.3 is 0 Å². The summed E-state index contributed by atoms with van der Waals surface area (Å²) >= 11 is 2.08. The molecule has 0 saturated carbocycles. The van der Waals surface area contributed by atoms with Gasteiger partial charge in [-0.2, -0.15) is 11.8 Å². The summed E-state index contributed by atoms with van der Waals surface area (Å²) in [6.45, 7) is 5.30. The SMILES string of the molecule is CCC1CN(C(=NC)NCCc2ccco2)CCS1.I. The minimum atomic E-state index is 0. The number of hydrogen-bond acceptors (Lipinski definition) is 3. The minimum absolute atomic E-state index is 0. The number of hydrogen-bond donors (Lipinski definition) is 1. The third-order valence-electron chi connectivity index (χ3n) is 3.34. The molecular weight excluding hydrogens is 385 g/mol. The van der Waals surface area contributed by atoms with E-state index in [1.807, 2.05) is 19.2 Å². The lowest BCUT2D eigenvalue weighted by Crippen LogP contribution is -2.48. The number of halogens is 1. The molecule has 1 unspecified atom stereocenters. The summed E-state index contributed by atoms with van der Waals surface area (Å²) in [7, 11) is 1.86. The van der Waals surface area contributed by atoms with Gasteiger partial charge in [-0.25, -0.2) is 0 Å². The number of nitrogens with zero attached hydrogens (tertiary/aromatic N) is 2. The largest absolute Gasteiger partial charge is 0.469 e. The number of aliphatic imine (C=N–C) groups is 1. The van der Waals surface area contributed by atoms with Crippen LogP contribution in [0.15, 0.2) is 27.8 Å². The Morgan fingerprint density at radius 2 is 2.45 bits per heavy atom. The van der Waals surface area contributed by atoms with E-state index >= 15 is 0 Å². The molecule has 0 radical (unpaired) electrons. The summed E-state index contributed by atoms with van der Waals surface area (Å²) < 4.78 is 5.33. The predicted molar refractivity (Wildman–Crippen MR) is 97.3 cm³/mol. The molecule has 114 valence electrons. The van der Waals surface area contributed by atoms with Crippen molar-refractivity contribution in [2.75, 3.05) is 32.4 Å². The second-order valence-electron chi connectivity index (χ2n) is 4.65. The van der Waals surface area contributed by atoms with Crippen molar-refractivity contribution in [1.29, 1.82) is 0 Å². The van der Waals surface area contributed by atoms with Crippen LogP contribution in [0.5, 0.6) is 0 Å². The average molecular weight is 409 g/mol. The highest BCUT2D eigenvalue weighted by Gasteiger charge is 2.21. The fraction of sp³-hybridized carbons (Fsp3) is 0.643. The summed E-state index contributed by atoms with van der Waals surface area (Å²) in [6.07, 6.45) is 3.84. The first-order chi connectivity index (χ1) is 9.33. The summed E-state index contributed by atoms with van der Waals surface area (Å²) in [5.41, 5.74) is 0. The molecule has 1 aromatic heterocycles. The van der Waals surface area contributed by atoms with Gasteiger partial charge in [0.05, 0.1) is 6.26 Å². The fourth-order valence-corrected chi connectivity index (χ4v) is 3.42. The Morgan fingerprint density at radius 1 is 1.60 bits per heavy atom. The molecule has 4 nitrogen and oxygen atoms in total. The van der Waals surface area contributed by atoms with Gasteiger partial charge in [0, 0.05) is 44.1 Å². The molecule has 1 N–H and O–H groups in total. The molecule has 0 aromatic carbocycles. The Hall–Kier alpha value is -0.370. The maximum Gasteiger partial charge on any atom is 0.193 e. The smallest absolute Gasteiger partial charge is 0.193 e. The number of nitrogens with one attached hydrogen (secondary N) is 1. The van der Waals surface area contributed by atoms with Crippen LogP contribution in [0.3, 0.4) is 0 Å². The quantitative estimate of drug-likeness (QED) is 0.472. The Bertz CT molecular complexity index is 397. The predicted octanol–water partition coefficient (Wildman–Crippen LogP) is 2.84. The van der Waals surface area contributed by atoms with Crippen molar-refractivity contribution in [2.45, 2.75) is 25.0 Å². The first kappa shape index (κ1) is 17.7. The van der Waals surface area contributed by atoms with E-state index in [1.165, 1.54) is 12.2 Å². The molecule has 0 bridgehead atoms. The zero-order valence-electron chi connectivity index (χ0n) is 12.2. The topological polar surface area (TPSA) is 40.8 Å². The van der Waals surface area contributed by atoms with Crippen LogP contribution in [-0.4, -0.2) is 48.5 Å². The molecule has 1 fully saturated rings. The first-order valence-corrected chi connectivity index (χ1v) is 7.98. The van der Waals surface area contributed by atoms with Crippen LogP contribution in [0, 0.1) is 0 Å². The molecule has 1 aromatic rings. The van der Waals surface area contributed by atoms with Crippen molar-refractivity contribution in [3.8, 4) is 0 Å². The van der Waals surface area contributed by atoms with Crippen LogP contribution in [-0.2, 0) is 6.42 Å². The average Bonchev–Trinajstić information content (AvgIpc) is 2.97. The Labute approximate surface area is 142 Å². The molecule has 1 atom stereocenters. The van der Waals surface area contributed by atoms with E-state index in [2.05, 4.69) is 33.9 Å². The van der Waals surface area contributed by atoms with E-state index in [0.29, 0.717) is 0 Å². The van der Waals surface area contributed by atoms with Crippen LogP contribution < -0.4 is 5.32 Å². The summed E-state index contributed by atoms with van der Waals surface area (Å²) in [4.78, 5) is 6.76. The van der Waals surface area contributed by atoms with Gasteiger partial charge in [-0.05, 0) is 18.6 Å². The van der Waals surface area contributed by atoms with Crippen LogP contribution in [0.1, 0.15) is 19.1 Å². The van der Waals surface area contributed by atoms with Gasteiger partial charge in [0.1, 0.15) is 5.76 Å². The molecule has 0 aliphatic carbocycles. The Morgan fingerprint density at radius 3 is 3.10 bits per heavy atom. The van der Waals surface area contributed by atoms with E-state index in [-0.39, 0.29) is 24.0 Å². The van der Waals surface area contributed by atoms with E-state index in [9.17, 15) is 0 Å². The van der Waals surface area contributed by atoms with Crippen molar-refractivity contribution < 1.29 is 4.42 Å². The van der Waals surface area contributed by atoms with E-state index in [1.54, 1.807) is 6.26 Å². The lowest BCUT2D eigenvalue weighted by atomic mass is 10.3.